The number of alkyl halides is 2. The van der Waals surface area contributed by atoms with Crippen LogP contribution in [-0.2, 0) is 4.79 Å². The van der Waals surface area contributed by atoms with Crippen LogP contribution in [0, 0.1) is 11.7 Å². The molecule has 1 fully saturated rings. The summed E-state index contributed by atoms with van der Waals surface area (Å²) in [5.41, 5.74) is 1.02. The number of nitrogens with zero attached hydrogens (tertiary/aromatic N) is 3. The Morgan fingerprint density at radius 2 is 1.72 bits per heavy atom. The van der Waals surface area contributed by atoms with Crippen LogP contribution in [0.2, 0.25) is 0 Å². The first kappa shape index (κ1) is 19.2. The van der Waals surface area contributed by atoms with E-state index in [1.54, 1.807) is 12.1 Å². The van der Waals surface area contributed by atoms with Gasteiger partial charge in [-0.05, 0) is 49.2 Å². The van der Waals surface area contributed by atoms with Gasteiger partial charge in [0, 0.05) is 30.1 Å². The van der Waals surface area contributed by atoms with E-state index >= 15 is 0 Å². The maximum absolute atomic E-state index is 13.2. The molecule has 0 unspecified atom stereocenters. The number of para-hydroxylation sites is 1. The molecule has 0 atom stereocenters. The highest BCUT2D eigenvalue weighted by atomic mass is 19.3. The van der Waals surface area contributed by atoms with E-state index in [1.807, 2.05) is 17.0 Å². The highest BCUT2D eigenvalue weighted by Gasteiger charge is 2.27. The molecule has 0 bridgehead atoms. The second kappa shape index (κ2) is 8.06. The third-order valence-corrected chi connectivity index (χ3v) is 5.07. The minimum atomic E-state index is -2.75. The maximum Gasteiger partial charge on any atom is 0.297 e. The predicted molar refractivity (Wildman–Crippen MR) is 104 cm³/mol. The smallest absolute Gasteiger partial charge is 0.297 e. The lowest BCUT2D eigenvalue weighted by Gasteiger charge is -2.33. The van der Waals surface area contributed by atoms with Gasteiger partial charge in [0.15, 0.2) is 5.82 Å². The second-order valence-electron chi connectivity index (χ2n) is 6.98. The molecule has 0 radical (unpaired) electrons. The Morgan fingerprint density at radius 1 is 1.03 bits per heavy atom. The molecule has 5 nitrogen and oxygen atoms in total. The third-order valence-electron chi connectivity index (χ3n) is 5.07. The van der Waals surface area contributed by atoms with Gasteiger partial charge < -0.3 is 10.2 Å². The lowest BCUT2D eigenvalue weighted by atomic mass is 9.95. The number of halogens is 3. The maximum atomic E-state index is 13.2. The van der Waals surface area contributed by atoms with Crippen molar-refractivity contribution < 1.29 is 18.0 Å². The lowest BCUT2D eigenvalue weighted by Crippen LogP contribution is -2.38. The molecule has 1 amide bonds. The quantitative estimate of drug-likeness (QED) is 0.698. The van der Waals surface area contributed by atoms with Crippen LogP contribution in [-0.4, -0.2) is 29.0 Å². The summed E-state index contributed by atoms with van der Waals surface area (Å²) < 4.78 is 39.4. The number of carbonyl (C=O) groups excluding carboxylic acids is 1. The summed E-state index contributed by atoms with van der Waals surface area (Å²) in [5.74, 6) is -0.717. The molecule has 1 aliphatic heterocycles. The monoisotopic (exact) mass is 400 g/mol. The highest BCUT2D eigenvalue weighted by Crippen LogP contribution is 2.30. The van der Waals surface area contributed by atoms with Gasteiger partial charge in [0.05, 0.1) is 5.52 Å². The molecule has 1 N–H and O–H groups in total. The van der Waals surface area contributed by atoms with E-state index in [9.17, 15) is 18.0 Å². The standard InChI is InChI=1S/C21H19F3N4O/c22-14-5-7-15(8-6-14)25-21(29)13-9-11-28(12-10-13)20-16-3-1-2-4-17(16)26-19(27-20)18(23)24/h1-8,13,18H,9-12H2,(H,25,29). The van der Waals surface area contributed by atoms with Crippen LogP contribution in [0.15, 0.2) is 48.5 Å². The number of rotatable bonds is 4. The summed E-state index contributed by atoms with van der Waals surface area (Å²) in [6, 6.07) is 12.7. The molecule has 2 aromatic carbocycles. The van der Waals surface area contributed by atoms with Crippen LogP contribution < -0.4 is 10.2 Å². The normalized spacial score (nSPS) is 15.1. The van der Waals surface area contributed by atoms with Crippen molar-refractivity contribution in [1.29, 1.82) is 0 Å². The van der Waals surface area contributed by atoms with Crippen molar-refractivity contribution >= 4 is 28.3 Å². The van der Waals surface area contributed by atoms with Crippen molar-refractivity contribution in [2.45, 2.75) is 19.3 Å². The number of piperidine rings is 1. The van der Waals surface area contributed by atoms with E-state index in [1.165, 1.54) is 24.3 Å². The van der Waals surface area contributed by atoms with Gasteiger partial charge in [0.2, 0.25) is 5.91 Å². The SMILES string of the molecule is O=C(Nc1ccc(F)cc1)C1CCN(c2nc(C(F)F)nc3ccccc23)CC1. The molecular weight excluding hydrogens is 381 g/mol. The Labute approximate surface area is 165 Å². The average Bonchev–Trinajstić information content (AvgIpc) is 2.74. The van der Waals surface area contributed by atoms with Crippen LogP contribution >= 0.6 is 0 Å². The second-order valence-corrected chi connectivity index (χ2v) is 6.98. The van der Waals surface area contributed by atoms with Crippen molar-refractivity contribution in [2.75, 3.05) is 23.3 Å². The Morgan fingerprint density at radius 3 is 2.41 bits per heavy atom. The molecule has 3 aromatic rings. The number of fused-ring (bicyclic) bond motifs is 1. The van der Waals surface area contributed by atoms with Crippen LogP contribution in [0.4, 0.5) is 24.7 Å². The minimum absolute atomic E-state index is 0.128. The zero-order valence-electron chi connectivity index (χ0n) is 15.5. The summed E-state index contributed by atoms with van der Waals surface area (Å²) in [7, 11) is 0. The number of hydrogen-bond donors (Lipinski definition) is 1. The molecule has 1 saturated heterocycles. The van der Waals surface area contributed by atoms with Gasteiger partial charge in [-0.25, -0.2) is 23.1 Å². The van der Waals surface area contributed by atoms with Crippen LogP contribution in [0.5, 0.6) is 0 Å². The fourth-order valence-electron chi connectivity index (χ4n) is 3.55. The number of nitrogens with one attached hydrogen (secondary N) is 1. The molecule has 29 heavy (non-hydrogen) atoms. The highest BCUT2D eigenvalue weighted by molar-refractivity contribution is 5.93. The van der Waals surface area contributed by atoms with Crippen molar-refractivity contribution in [2.24, 2.45) is 5.92 Å². The number of carbonyl (C=O) groups is 1. The molecule has 150 valence electrons. The molecule has 4 rings (SSSR count). The fourth-order valence-corrected chi connectivity index (χ4v) is 3.55. The van der Waals surface area contributed by atoms with Crippen LogP contribution in [0.25, 0.3) is 10.9 Å². The summed E-state index contributed by atoms with van der Waals surface area (Å²) in [4.78, 5) is 22.5. The largest absolute Gasteiger partial charge is 0.356 e. The number of amides is 1. The van der Waals surface area contributed by atoms with Crippen molar-refractivity contribution in [3.05, 3.63) is 60.2 Å². The molecule has 2 heterocycles. The predicted octanol–water partition coefficient (Wildman–Crippen LogP) is 4.56. The minimum Gasteiger partial charge on any atom is -0.356 e. The van der Waals surface area contributed by atoms with Gasteiger partial charge in [0.25, 0.3) is 6.43 Å². The first-order valence-electron chi connectivity index (χ1n) is 9.37. The van der Waals surface area contributed by atoms with E-state index in [0.29, 0.717) is 48.3 Å². The molecule has 0 aliphatic carbocycles. The molecule has 0 saturated carbocycles. The Bertz CT molecular complexity index is 1020. The zero-order valence-corrected chi connectivity index (χ0v) is 15.5. The molecule has 8 heteroatoms. The van der Waals surface area contributed by atoms with E-state index in [2.05, 4.69) is 15.3 Å². The first-order valence-corrected chi connectivity index (χ1v) is 9.37. The fraction of sp³-hybridized carbons (Fsp3) is 0.286. The van der Waals surface area contributed by atoms with Gasteiger partial charge in [-0.3, -0.25) is 4.79 Å². The average molecular weight is 400 g/mol. The van der Waals surface area contributed by atoms with Crippen molar-refractivity contribution in [3.63, 3.8) is 0 Å². The number of benzene rings is 2. The summed E-state index contributed by atoms with van der Waals surface area (Å²) in [6.07, 6.45) is -1.62. The van der Waals surface area contributed by atoms with E-state index in [0.717, 1.165) is 0 Å². The zero-order chi connectivity index (χ0) is 20.4. The van der Waals surface area contributed by atoms with E-state index < -0.39 is 12.2 Å². The molecular formula is C21H19F3N4O. The number of hydrogen-bond acceptors (Lipinski definition) is 4. The Kier molecular flexibility index (Phi) is 5.33. The number of anilines is 2. The van der Waals surface area contributed by atoms with Gasteiger partial charge in [-0.1, -0.05) is 12.1 Å². The summed E-state index contributed by atoms with van der Waals surface area (Å²) >= 11 is 0. The van der Waals surface area contributed by atoms with E-state index in [-0.39, 0.29) is 17.6 Å². The molecule has 1 aliphatic rings. The summed E-state index contributed by atoms with van der Waals surface area (Å²) in [6.45, 7) is 1.04. The van der Waals surface area contributed by atoms with E-state index in [4.69, 9.17) is 0 Å². The topological polar surface area (TPSA) is 58.1 Å². The van der Waals surface area contributed by atoms with Gasteiger partial charge >= 0.3 is 0 Å². The Hall–Kier alpha value is -3.16. The van der Waals surface area contributed by atoms with Gasteiger partial charge in [-0.15, -0.1) is 0 Å². The van der Waals surface area contributed by atoms with Crippen LogP contribution in [0.1, 0.15) is 25.1 Å². The van der Waals surface area contributed by atoms with Gasteiger partial charge in [0.1, 0.15) is 11.6 Å². The third kappa shape index (κ3) is 4.16. The summed E-state index contributed by atoms with van der Waals surface area (Å²) in [5, 5.41) is 3.51. The van der Waals surface area contributed by atoms with Crippen LogP contribution in [0.3, 0.4) is 0 Å². The molecule has 1 aromatic heterocycles. The number of aromatic nitrogens is 2. The molecule has 0 spiro atoms. The van der Waals surface area contributed by atoms with Crippen molar-refractivity contribution in [3.8, 4) is 0 Å². The first-order chi connectivity index (χ1) is 14.0. The van der Waals surface area contributed by atoms with Crippen molar-refractivity contribution in [1.82, 2.24) is 9.97 Å². The van der Waals surface area contributed by atoms with Gasteiger partial charge in [-0.2, -0.15) is 0 Å². The lowest BCUT2D eigenvalue weighted by molar-refractivity contribution is -0.120. The Balaban J connectivity index is 1.48.